The first kappa shape index (κ1) is 15.5. The van der Waals surface area contributed by atoms with Gasteiger partial charge in [0.2, 0.25) is 11.8 Å². The third kappa shape index (κ3) is 3.05. The van der Waals surface area contributed by atoms with E-state index in [1.807, 2.05) is 25.1 Å². The summed E-state index contributed by atoms with van der Waals surface area (Å²) in [6, 6.07) is 5.96. The molecule has 0 unspecified atom stereocenters. The number of carbonyl (C=O) groups excluding carboxylic acids is 2. The minimum atomic E-state index is -0.845. The number of rotatable bonds is 4. The van der Waals surface area contributed by atoms with Crippen LogP contribution in [0.3, 0.4) is 0 Å². The Morgan fingerprint density at radius 2 is 1.86 bits per heavy atom. The second-order valence-corrected chi connectivity index (χ2v) is 7.37. The molecule has 118 valence electrons. The Morgan fingerprint density at radius 3 is 2.45 bits per heavy atom. The van der Waals surface area contributed by atoms with Crippen molar-refractivity contribution >= 4 is 33.4 Å². The summed E-state index contributed by atoms with van der Waals surface area (Å²) in [7, 11) is 0. The number of carbonyl (C=O) groups is 2. The van der Waals surface area contributed by atoms with Crippen LogP contribution in [0.15, 0.2) is 22.7 Å². The average Bonchev–Trinajstić information content (AvgIpc) is 3.15. The first-order valence-corrected chi connectivity index (χ1v) is 8.69. The summed E-state index contributed by atoms with van der Waals surface area (Å²) in [6.07, 6.45) is 5.70. The number of benzene rings is 1. The van der Waals surface area contributed by atoms with Gasteiger partial charge in [0, 0.05) is 16.2 Å². The maximum absolute atomic E-state index is 12.6. The standard InChI is InChI=1S/C17H21BrN2O2/c1-11-10-12(18)6-7-14(11)20-16(22)17(8-9-17)15(21)19-13-4-2-3-5-13/h6-7,10,13H,2-5,8-9H2,1H3,(H,19,21)(H,20,22). The third-order valence-electron chi connectivity index (χ3n) is 4.75. The van der Waals surface area contributed by atoms with Gasteiger partial charge in [0.05, 0.1) is 0 Å². The lowest BCUT2D eigenvalue weighted by Crippen LogP contribution is -2.43. The SMILES string of the molecule is Cc1cc(Br)ccc1NC(=O)C1(C(=O)NC2CCCC2)CC1. The molecule has 2 aliphatic carbocycles. The van der Waals surface area contributed by atoms with Crippen LogP contribution in [-0.2, 0) is 9.59 Å². The van der Waals surface area contributed by atoms with E-state index in [1.165, 1.54) is 12.8 Å². The van der Waals surface area contributed by atoms with Crippen molar-refractivity contribution in [3.8, 4) is 0 Å². The van der Waals surface area contributed by atoms with Crippen molar-refractivity contribution < 1.29 is 9.59 Å². The number of halogens is 1. The fraction of sp³-hybridized carbons (Fsp3) is 0.529. The van der Waals surface area contributed by atoms with Gasteiger partial charge in [0.25, 0.3) is 0 Å². The molecule has 0 aliphatic heterocycles. The molecule has 4 nitrogen and oxygen atoms in total. The molecule has 0 heterocycles. The molecule has 2 amide bonds. The van der Waals surface area contributed by atoms with E-state index in [0.717, 1.165) is 28.6 Å². The quantitative estimate of drug-likeness (QED) is 0.802. The van der Waals surface area contributed by atoms with Gasteiger partial charge in [-0.3, -0.25) is 9.59 Å². The minimum Gasteiger partial charge on any atom is -0.352 e. The van der Waals surface area contributed by atoms with Gasteiger partial charge in [-0.1, -0.05) is 28.8 Å². The van der Waals surface area contributed by atoms with Gasteiger partial charge in [-0.15, -0.1) is 0 Å². The Balaban J connectivity index is 1.66. The minimum absolute atomic E-state index is 0.0911. The van der Waals surface area contributed by atoms with Crippen LogP contribution in [0.5, 0.6) is 0 Å². The normalized spacial score (nSPS) is 19.7. The van der Waals surface area contributed by atoms with Crippen LogP contribution in [0.1, 0.15) is 44.1 Å². The van der Waals surface area contributed by atoms with Crippen LogP contribution in [0.25, 0.3) is 0 Å². The van der Waals surface area contributed by atoms with Crippen molar-refractivity contribution in [1.82, 2.24) is 5.32 Å². The summed E-state index contributed by atoms with van der Waals surface area (Å²) in [5.41, 5.74) is 0.908. The highest BCUT2D eigenvalue weighted by atomic mass is 79.9. The lowest BCUT2D eigenvalue weighted by atomic mass is 10.0. The van der Waals surface area contributed by atoms with Crippen LogP contribution >= 0.6 is 15.9 Å². The molecule has 2 fully saturated rings. The maximum atomic E-state index is 12.6. The molecule has 2 saturated carbocycles. The summed E-state index contributed by atoms with van der Waals surface area (Å²) in [6.45, 7) is 1.94. The van der Waals surface area contributed by atoms with E-state index >= 15 is 0 Å². The maximum Gasteiger partial charge on any atom is 0.240 e. The van der Waals surface area contributed by atoms with Crippen LogP contribution in [-0.4, -0.2) is 17.9 Å². The number of anilines is 1. The second-order valence-electron chi connectivity index (χ2n) is 6.45. The Morgan fingerprint density at radius 1 is 1.18 bits per heavy atom. The van der Waals surface area contributed by atoms with Crippen molar-refractivity contribution in [1.29, 1.82) is 0 Å². The highest BCUT2D eigenvalue weighted by Crippen LogP contribution is 2.47. The van der Waals surface area contributed by atoms with E-state index in [-0.39, 0.29) is 17.9 Å². The molecule has 1 aromatic carbocycles. The zero-order valence-corrected chi connectivity index (χ0v) is 14.3. The summed E-state index contributed by atoms with van der Waals surface area (Å²) in [5.74, 6) is -0.264. The molecule has 2 N–H and O–H groups in total. The monoisotopic (exact) mass is 364 g/mol. The molecule has 0 spiro atoms. The molecule has 0 saturated heterocycles. The molecule has 0 bridgehead atoms. The Kier molecular flexibility index (Phi) is 4.26. The van der Waals surface area contributed by atoms with E-state index in [1.54, 1.807) is 0 Å². The highest BCUT2D eigenvalue weighted by Gasteiger charge is 2.56. The van der Waals surface area contributed by atoms with Gasteiger partial charge in [-0.05, 0) is 56.4 Å². The zero-order chi connectivity index (χ0) is 15.7. The average molecular weight is 365 g/mol. The Labute approximate surface area is 139 Å². The fourth-order valence-electron chi connectivity index (χ4n) is 3.09. The molecule has 3 rings (SSSR count). The van der Waals surface area contributed by atoms with Gasteiger partial charge in [-0.25, -0.2) is 0 Å². The Bertz CT molecular complexity index is 605. The van der Waals surface area contributed by atoms with E-state index in [0.29, 0.717) is 12.8 Å². The Hall–Kier alpha value is -1.36. The van der Waals surface area contributed by atoms with Crippen molar-refractivity contribution in [2.24, 2.45) is 5.41 Å². The first-order chi connectivity index (χ1) is 10.5. The van der Waals surface area contributed by atoms with Crippen molar-refractivity contribution in [2.75, 3.05) is 5.32 Å². The fourth-order valence-corrected chi connectivity index (χ4v) is 3.56. The van der Waals surface area contributed by atoms with Gasteiger partial charge in [0.1, 0.15) is 5.41 Å². The smallest absolute Gasteiger partial charge is 0.240 e. The van der Waals surface area contributed by atoms with E-state index in [2.05, 4.69) is 26.6 Å². The summed E-state index contributed by atoms with van der Waals surface area (Å²) < 4.78 is 0.975. The van der Waals surface area contributed by atoms with Gasteiger partial charge < -0.3 is 10.6 Å². The molecule has 22 heavy (non-hydrogen) atoms. The largest absolute Gasteiger partial charge is 0.352 e. The van der Waals surface area contributed by atoms with Crippen molar-refractivity contribution in [3.05, 3.63) is 28.2 Å². The first-order valence-electron chi connectivity index (χ1n) is 7.90. The molecule has 0 radical (unpaired) electrons. The summed E-state index contributed by atoms with van der Waals surface area (Å²) >= 11 is 3.41. The molecule has 5 heteroatoms. The predicted molar refractivity (Wildman–Crippen MR) is 89.6 cm³/mol. The summed E-state index contributed by atoms with van der Waals surface area (Å²) in [4.78, 5) is 25.0. The van der Waals surface area contributed by atoms with Crippen LogP contribution in [0, 0.1) is 12.3 Å². The van der Waals surface area contributed by atoms with Crippen molar-refractivity contribution in [3.63, 3.8) is 0 Å². The molecule has 0 aromatic heterocycles. The lowest BCUT2D eigenvalue weighted by molar-refractivity contribution is -0.134. The molecule has 1 aromatic rings. The number of aryl methyl sites for hydroxylation is 1. The number of amides is 2. The van der Waals surface area contributed by atoms with Crippen LogP contribution < -0.4 is 10.6 Å². The number of hydrogen-bond donors (Lipinski definition) is 2. The van der Waals surface area contributed by atoms with Crippen LogP contribution in [0.2, 0.25) is 0 Å². The number of hydrogen-bond acceptors (Lipinski definition) is 2. The van der Waals surface area contributed by atoms with Crippen LogP contribution in [0.4, 0.5) is 5.69 Å². The summed E-state index contributed by atoms with van der Waals surface area (Å²) in [5, 5.41) is 5.99. The van der Waals surface area contributed by atoms with E-state index < -0.39 is 5.41 Å². The predicted octanol–water partition coefficient (Wildman–Crippen LogP) is 3.54. The third-order valence-corrected chi connectivity index (χ3v) is 5.24. The van der Waals surface area contributed by atoms with E-state index in [9.17, 15) is 9.59 Å². The molecule has 2 aliphatic rings. The van der Waals surface area contributed by atoms with Gasteiger partial charge in [-0.2, -0.15) is 0 Å². The number of nitrogens with one attached hydrogen (secondary N) is 2. The lowest BCUT2D eigenvalue weighted by Gasteiger charge is -2.19. The van der Waals surface area contributed by atoms with Gasteiger partial charge >= 0.3 is 0 Å². The molecular weight excluding hydrogens is 344 g/mol. The van der Waals surface area contributed by atoms with E-state index in [4.69, 9.17) is 0 Å². The topological polar surface area (TPSA) is 58.2 Å². The second kappa shape index (κ2) is 6.03. The van der Waals surface area contributed by atoms with Crippen molar-refractivity contribution in [2.45, 2.75) is 51.5 Å². The molecule has 0 atom stereocenters. The zero-order valence-electron chi connectivity index (χ0n) is 12.7. The van der Waals surface area contributed by atoms with Gasteiger partial charge in [0.15, 0.2) is 0 Å². The molecular formula is C17H21BrN2O2. The highest BCUT2D eigenvalue weighted by molar-refractivity contribution is 9.10.